The Morgan fingerprint density at radius 2 is 1.82 bits per heavy atom. The minimum Gasteiger partial charge on any atom is -0.481 e. The maximum absolute atomic E-state index is 11.0. The predicted octanol–water partition coefficient (Wildman–Crippen LogP) is 4.16. The summed E-state index contributed by atoms with van der Waals surface area (Å²) in [6.45, 7) is 0. The Bertz CT molecular complexity index is 256. The first-order chi connectivity index (χ1) is 8.18. The second-order valence-electron chi connectivity index (χ2n) is 4.35. The van der Waals surface area contributed by atoms with Crippen LogP contribution in [-0.4, -0.2) is 26.5 Å². The molecular formula is C12H20O3S2. The van der Waals surface area contributed by atoms with Gasteiger partial charge >= 0.3 is 5.97 Å². The molecule has 1 aliphatic heterocycles. The fourth-order valence-electron chi connectivity index (χ4n) is 1.86. The van der Waals surface area contributed by atoms with Crippen molar-refractivity contribution in [2.24, 2.45) is 0 Å². The number of hydrogen-bond acceptors (Lipinski definition) is 4. The lowest BCUT2D eigenvalue weighted by atomic mass is 10.1. The monoisotopic (exact) mass is 276 g/mol. The van der Waals surface area contributed by atoms with Gasteiger partial charge in [0.05, 0.1) is 0 Å². The summed E-state index contributed by atoms with van der Waals surface area (Å²) in [6.07, 6.45) is 8.03. The second kappa shape index (κ2) is 8.86. The number of thioether (sulfide) groups is 2. The van der Waals surface area contributed by atoms with Gasteiger partial charge in [-0.1, -0.05) is 55.6 Å². The van der Waals surface area contributed by atoms with Crippen LogP contribution in [0.1, 0.15) is 51.4 Å². The number of carbonyl (C=O) groups excluding carboxylic acids is 1. The maximum atomic E-state index is 11.0. The molecule has 0 saturated carbocycles. The van der Waals surface area contributed by atoms with Gasteiger partial charge in [-0.3, -0.25) is 9.59 Å². The molecule has 1 rings (SSSR count). The molecule has 17 heavy (non-hydrogen) atoms. The molecule has 1 heterocycles. The van der Waals surface area contributed by atoms with Gasteiger partial charge in [0.25, 0.3) is 0 Å². The third-order valence-corrected chi connectivity index (χ3v) is 5.40. The molecule has 1 saturated heterocycles. The Morgan fingerprint density at radius 1 is 1.18 bits per heavy atom. The van der Waals surface area contributed by atoms with Crippen LogP contribution in [0, 0.1) is 0 Å². The van der Waals surface area contributed by atoms with Crippen molar-refractivity contribution in [3.63, 3.8) is 0 Å². The Labute approximate surface area is 111 Å². The van der Waals surface area contributed by atoms with Crippen LogP contribution in [0.4, 0.5) is 4.79 Å². The van der Waals surface area contributed by atoms with Gasteiger partial charge in [-0.25, -0.2) is 0 Å². The van der Waals surface area contributed by atoms with Gasteiger partial charge in [-0.2, -0.15) is 0 Å². The largest absolute Gasteiger partial charge is 0.481 e. The number of hydrogen-bond donors (Lipinski definition) is 1. The summed E-state index contributed by atoms with van der Waals surface area (Å²) in [5, 5.41) is 9.01. The Hall–Kier alpha value is -0.160. The number of carbonyl (C=O) groups is 2. The highest BCUT2D eigenvalue weighted by atomic mass is 32.2. The van der Waals surface area contributed by atoms with Crippen LogP contribution in [0.2, 0.25) is 0 Å². The van der Waals surface area contributed by atoms with Crippen LogP contribution >= 0.6 is 23.5 Å². The Balaban J connectivity index is 1.81. The van der Waals surface area contributed by atoms with Crippen LogP contribution < -0.4 is 0 Å². The molecule has 1 aliphatic rings. The van der Waals surface area contributed by atoms with E-state index in [1.165, 1.54) is 42.8 Å². The second-order valence-corrected chi connectivity index (χ2v) is 6.88. The van der Waals surface area contributed by atoms with Crippen molar-refractivity contribution in [3.8, 4) is 0 Å². The molecule has 3 nitrogen and oxygen atoms in total. The van der Waals surface area contributed by atoms with E-state index in [0.717, 1.165) is 31.4 Å². The minimum absolute atomic E-state index is 0.281. The minimum atomic E-state index is -0.689. The predicted molar refractivity (Wildman–Crippen MR) is 73.8 cm³/mol. The van der Waals surface area contributed by atoms with Gasteiger partial charge in [-0.15, -0.1) is 0 Å². The van der Waals surface area contributed by atoms with Crippen LogP contribution in [0.3, 0.4) is 0 Å². The number of rotatable bonds is 9. The SMILES string of the molecule is O=C(O)CCCCCCCCC1CSC(=O)S1. The zero-order chi connectivity index (χ0) is 12.5. The summed E-state index contributed by atoms with van der Waals surface area (Å²) in [4.78, 5) is 21.3. The first-order valence-corrected chi connectivity index (χ1v) is 8.10. The summed E-state index contributed by atoms with van der Waals surface area (Å²) in [7, 11) is 0. The standard InChI is InChI=1S/C12H20O3S2/c13-11(14)8-6-4-2-1-3-5-7-10-9-16-12(15)17-10/h10H,1-9H2,(H,13,14). The summed E-state index contributed by atoms with van der Waals surface area (Å²) in [6, 6.07) is 0. The van der Waals surface area contributed by atoms with Crippen LogP contribution in [0.25, 0.3) is 0 Å². The molecule has 0 aromatic carbocycles. The van der Waals surface area contributed by atoms with E-state index in [0.29, 0.717) is 11.7 Å². The molecule has 0 aromatic rings. The number of unbranched alkanes of at least 4 members (excludes halogenated alkanes) is 5. The van der Waals surface area contributed by atoms with E-state index in [9.17, 15) is 9.59 Å². The highest BCUT2D eigenvalue weighted by molar-refractivity contribution is 8.41. The summed E-state index contributed by atoms with van der Waals surface area (Å²) in [5.41, 5.74) is 0. The van der Waals surface area contributed by atoms with Gasteiger partial charge in [0, 0.05) is 17.4 Å². The van der Waals surface area contributed by atoms with E-state index in [2.05, 4.69) is 0 Å². The average Bonchev–Trinajstić information content (AvgIpc) is 2.68. The molecule has 0 spiro atoms. The highest BCUT2D eigenvalue weighted by Crippen LogP contribution is 2.35. The van der Waals surface area contributed by atoms with E-state index in [1.54, 1.807) is 0 Å². The maximum Gasteiger partial charge on any atom is 0.303 e. The van der Waals surface area contributed by atoms with Gasteiger partial charge in [0.1, 0.15) is 0 Å². The zero-order valence-electron chi connectivity index (χ0n) is 10.0. The van der Waals surface area contributed by atoms with E-state index in [1.807, 2.05) is 0 Å². The average molecular weight is 276 g/mol. The van der Waals surface area contributed by atoms with E-state index in [4.69, 9.17) is 5.11 Å². The summed E-state index contributed by atoms with van der Waals surface area (Å²) < 4.78 is 0.281. The normalized spacial score (nSPS) is 19.8. The fraction of sp³-hybridized carbons (Fsp3) is 0.833. The molecule has 0 aromatic heterocycles. The third kappa shape index (κ3) is 7.71. The van der Waals surface area contributed by atoms with Gasteiger partial charge in [-0.05, 0) is 12.8 Å². The quantitative estimate of drug-likeness (QED) is 0.641. The van der Waals surface area contributed by atoms with Crippen LogP contribution in [0.15, 0.2) is 0 Å². The van der Waals surface area contributed by atoms with Crippen molar-refractivity contribution in [1.82, 2.24) is 0 Å². The smallest absolute Gasteiger partial charge is 0.303 e. The molecule has 0 amide bonds. The van der Waals surface area contributed by atoms with Crippen molar-refractivity contribution < 1.29 is 14.7 Å². The lowest BCUT2D eigenvalue weighted by Crippen LogP contribution is -2.00. The number of aliphatic carboxylic acids is 1. The van der Waals surface area contributed by atoms with Crippen LogP contribution in [-0.2, 0) is 4.79 Å². The summed E-state index contributed by atoms with van der Waals surface area (Å²) in [5.74, 6) is 0.299. The number of carboxylic acids is 1. The van der Waals surface area contributed by atoms with Gasteiger partial charge < -0.3 is 5.11 Å². The zero-order valence-corrected chi connectivity index (χ0v) is 11.7. The van der Waals surface area contributed by atoms with Crippen molar-refractivity contribution in [2.75, 3.05) is 5.75 Å². The highest BCUT2D eigenvalue weighted by Gasteiger charge is 2.22. The molecule has 1 atom stereocenters. The van der Waals surface area contributed by atoms with Crippen molar-refractivity contribution >= 4 is 33.9 Å². The van der Waals surface area contributed by atoms with Crippen molar-refractivity contribution in [2.45, 2.75) is 56.6 Å². The fourth-order valence-corrected chi connectivity index (χ4v) is 4.27. The Morgan fingerprint density at radius 3 is 2.41 bits per heavy atom. The van der Waals surface area contributed by atoms with Crippen molar-refractivity contribution in [1.29, 1.82) is 0 Å². The molecule has 0 radical (unpaired) electrons. The Kier molecular flexibility index (Phi) is 7.77. The first-order valence-electron chi connectivity index (χ1n) is 6.23. The molecule has 1 fully saturated rings. The summed E-state index contributed by atoms with van der Waals surface area (Å²) >= 11 is 2.95. The number of carboxylic acid groups (broad SMARTS) is 1. The van der Waals surface area contributed by atoms with E-state index < -0.39 is 5.97 Å². The third-order valence-electron chi connectivity index (χ3n) is 2.82. The lowest BCUT2D eigenvalue weighted by Gasteiger charge is -2.05. The van der Waals surface area contributed by atoms with Crippen molar-refractivity contribution in [3.05, 3.63) is 0 Å². The lowest BCUT2D eigenvalue weighted by molar-refractivity contribution is -0.137. The first kappa shape index (κ1) is 14.9. The van der Waals surface area contributed by atoms with Gasteiger partial charge in [0.15, 0.2) is 0 Å². The molecular weight excluding hydrogens is 256 g/mol. The molecule has 1 unspecified atom stereocenters. The molecule has 0 bridgehead atoms. The molecule has 5 heteroatoms. The molecule has 0 aliphatic carbocycles. The van der Waals surface area contributed by atoms with E-state index in [-0.39, 0.29) is 4.45 Å². The molecule has 98 valence electrons. The van der Waals surface area contributed by atoms with Gasteiger partial charge in [0.2, 0.25) is 4.45 Å². The topological polar surface area (TPSA) is 54.4 Å². The van der Waals surface area contributed by atoms with E-state index >= 15 is 0 Å². The molecule has 1 N–H and O–H groups in total. The van der Waals surface area contributed by atoms with Crippen LogP contribution in [0.5, 0.6) is 0 Å².